The molecule has 0 saturated heterocycles. The fourth-order valence-electron chi connectivity index (χ4n) is 7.66. The normalized spacial score (nSPS) is 12.7. The van der Waals surface area contributed by atoms with Crippen molar-refractivity contribution in [3.05, 3.63) is 65.9 Å². The Bertz CT molecular complexity index is 2570. The third kappa shape index (κ3) is 5.20. The van der Waals surface area contributed by atoms with E-state index in [0.29, 0.717) is 49.0 Å². The van der Waals surface area contributed by atoms with Crippen molar-refractivity contribution in [3.63, 3.8) is 0 Å². The number of nitrogens with zero attached hydrogens (tertiary/aromatic N) is 2. The van der Waals surface area contributed by atoms with Crippen molar-refractivity contribution >= 4 is 96.4 Å². The molecule has 0 fully saturated rings. The number of aryl methyl sites for hydroxylation is 2. The van der Waals surface area contributed by atoms with Crippen LogP contribution in [0.3, 0.4) is 0 Å². The van der Waals surface area contributed by atoms with Gasteiger partial charge in [0.1, 0.15) is 9.40 Å². The van der Waals surface area contributed by atoms with Crippen molar-refractivity contribution in [1.82, 2.24) is 8.80 Å². The van der Waals surface area contributed by atoms with E-state index in [-0.39, 0.29) is 17.7 Å². The van der Waals surface area contributed by atoms with Gasteiger partial charge in [0.2, 0.25) is 0 Å². The summed E-state index contributed by atoms with van der Waals surface area (Å²) in [6.45, 7) is 9.67. The first-order valence-corrected chi connectivity index (χ1v) is 19.8. The summed E-state index contributed by atoms with van der Waals surface area (Å²) in [4.78, 5) is 31.6. The van der Waals surface area contributed by atoms with Crippen molar-refractivity contribution in [2.75, 3.05) is 46.2 Å². The number of hydrogen-bond donors (Lipinski definition) is 1. The molecule has 8 rings (SSSR count). The van der Waals surface area contributed by atoms with Gasteiger partial charge in [-0.25, -0.2) is 0 Å². The van der Waals surface area contributed by atoms with Crippen LogP contribution in [0.15, 0.2) is 33.9 Å². The van der Waals surface area contributed by atoms with Gasteiger partial charge < -0.3 is 19.3 Å². The van der Waals surface area contributed by atoms with Gasteiger partial charge in [-0.05, 0) is 43.0 Å². The molecule has 0 bridgehead atoms. The first-order chi connectivity index (χ1) is 24.0. The summed E-state index contributed by atoms with van der Waals surface area (Å²) < 4.78 is 24.2. The Balaban J connectivity index is 1.31. The highest BCUT2D eigenvalue weighted by Gasteiger charge is 2.27. The molecule has 0 unspecified atom stereocenters. The third-order valence-corrected chi connectivity index (χ3v) is 13.2. The molecular weight excluding hydrogens is 677 g/mol. The van der Waals surface area contributed by atoms with Crippen LogP contribution >= 0.6 is 34.0 Å². The van der Waals surface area contributed by atoms with Gasteiger partial charge in [0.15, 0.2) is 0 Å². The summed E-state index contributed by atoms with van der Waals surface area (Å²) in [7, 11) is 0. The maximum atomic E-state index is 14.6. The van der Waals surface area contributed by atoms with E-state index in [1.54, 1.807) is 22.7 Å². The minimum Gasteiger partial charge on any atom is -0.394 e. The maximum Gasteiger partial charge on any atom is 0.273 e. The zero-order valence-electron chi connectivity index (χ0n) is 28.1. The number of pyridine rings is 2. The lowest BCUT2D eigenvalue weighted by atomic mass is 10.0. The van der Waals surface area contributed by atoms with Crippen molar-refractivity contribution in [1.29, 1.82) is 0 Å². The van der Waals surface area contributed by atoms with Crippen molar-refractivity contribution in [3.8, 4) is 0 Å². The SMILES string of the molecule is CCCc1c(CCOCCO)sc2cc3c4ccc5c6c(sc(c(=O)n3c12)c46)c(=O)n1c5cc2sc(CCOCCOCC)c(CCC)c21. The molecule has 8 nitrogen and oxygen atoms in total. The van der Waals surface area contributed by atoms with Crippen LogP contribution in [0.4, 0.5) is 0 Å². The van der Waals surface area contributed by atoms with Crippen LogP contribution in [0.5, 0.6) is 0 Å². The lowest BCUT2D eigenvalue weighted by Crippen LogP contribution is -2.13. The number of aliphatic hydroxyl groups is 1. The second-order valence-corrected chi connectivity index (χ2v) is 15.9. The Morgan fingerprint density at radius 3 is 1.59 bits per heavy atom. The molecule has 0 aliphatic heterocycles. The van der Waals surface area contributed by atoms with Gasteiger partial charge >= 0.3 is 0 Å². The fraction of sp³-hybridized carbons (Fsp3) is 0.421. The summed E-state index contributed by atoms with van der Waals surface area (Å²) in [5, 5.41) is 13.0. The van der Waals surface area contributed by atoms with Crippen LogP contribution in [0.25, 0.3) is 62.4 Å². The molecule has 11 heteroatoms. The topological polar surface area (TPSA) is 90.9 Å². The highest BCUT2D eigenvalue weighted by Crippen LogP contribution is 2.45. The number of ether oxygens (including phenoxy) is 3. The molecule has 1 aromatic carbocycles. The Morgan fingerprint density at radius 1 is 0.633 bits per heavy atom. The van der Waals surface area contributed by atoms with E-state index in [1.807, 2.05) is 15.7 Å². The number of benzene rings is 1. The first kappa shape index (κ1) is 33.0. The van der Waals surface area contributed by atoms with E-state index in [9.17, 15) is 9.59 Å². The molecule has 0 spiro atoms. The predicted octanol–water partition coefficient (Wildman–Crippen LogP) is 7.79. The van der Waals surface area contributed by atoms with Crippen LogP contribution < -0.4 is 11.1 Å². The molecule has 7 heterocycles. The second-order valence-electron chi connectivity index (χ2n) is 12.6. The summed E-state index contributed by atoms with van der Waals surface area (Å²) in [6, 6.07) is 8.65. The highest BCUT2D eigenvalue weighted by atomic mass is 32.1. The number of hydrogen-bond acceptors (Lipinski definition) is 9. The Morgan fingerprint density at radius 2 is 1.12 bits per heavy atom. The summed E-state index contributed by atoms with van der Waals surface area (Å²) in [5.74, 6) is 0. The van der Waals surface area contributed by atoms with E-state index in [4.69, 9.17) is 19.3 Å². The minimum absolute atomic E-state index is 0.00757. The third-order valence-electron chi connectivity index (χ3n) is 9.61. The largest absolute Gasteiger partial charge is 0.394 e. The summed E-state index contributed by atoms with van der Waals surface area (Å²) in [5.41, 5.74) is 6.18. The van der Waals surface area contributed by atoms with Crippen LogP contribution in [-0.2, 0) is 39.9 Å². The van der Waals surface area contributed by atoms with Gasteiger partial charge in [-0.2, -0.15) is 0 Å². The molecular formula is C38H40N2O6S3. The van der Waals surface area contributed by atoms with Gasteiger partial charge in [-0.15, -0.1) is 34.0 Å². The van der Waals surface area contributed by atoms with Crippen LogP contribution in [0, 0.1) is 0 Å². The molecule has 0 saturated carbocycles. The van der Waals surface area contributed by atoms with Crippen molar-refractivity contribution in [2.45, 2.75) is 59.3 Å². The van der Waals surface area contributed by atoms with Gasteiger partial charge in [-0.1, -0.05) is 38.8 Å². The standard InChI is InChI=1S/C38H40N2O6S3/c1-4-7-23-27(11-14-45-16-13-41)47-29-19-25-21-9-10-22-26-20-30-34(24(8-5-2)28(48-30)12-15-46-18-17-44-6-3)40(26)38(43)36-32(22)31(21)35(49-36)37(42)39(25)33(23)29/h9-10,19-20,41H,4-8,11-18H2,1-3H3. The van der Waals surface area contributed by atoms with E-state index >= 15 is 0 Å². The number of rotatable bonds is 16. The molecule has 0 amide bonds. The summed E-state index contributed by atoms with van der Waals surface area (Å²) in [6.07, 6.45) is 5.26. The zero-order valence-corrected chi connectivity index (χ0v) is 30.6. The van der Waals surface area contributed by atoms with E-state index in [1.165, 1.54) is 32.2 Å². The van der Waals surface area contributed by atoms with E-state index in [2.05, 4.69) is 38.1 Å². The quantitative estimate of drug-likeness (QED) is 0.0812. The monoisotopic (exact) mass is 716 g/mol. The van der Waals surface area contributed by atoms with Crippen molar-refractivity contribution in [2.24, 2.45) is 0 Å². The smallest absolute Gasteiger partial charge is 0.273 e. The zero-order chi connectivity index (χ0) is 33.8. The van der Waals surface area contributed by atoms with Crippen molar-refractivity contribution < 1.29 is 19.3 Å². The Hall–Kier alpha value is -3.16. The van der Waals surface area contributed by atoms with Crippen LogP contribution in [-0.4, -0.2) is 60.2 Å². The Labute approximate surface area is 294 Å². The van der Waals surface area contributed by atoms with Gasteiger partial charge in [0.25, 0.3) is 11.1 Å². The van der Waals surface area contributed by atoms with Gasteiger partial charge in [0, 0.05) is 50.7 Å². The molecule has 0 aliphatic carbocycles. The molecule has 0 radical (unpaired) electrons. The van der Waals surface area contributed by atoms with Crippen LogP contribution in [0.2, 0.25) is 0 Å². The minimum atomic E-state index is -0.0486. The number of thiophene rings is 3. The predicted molar refractivity (Wildman–Crippen MR) is 205 cm³/mol. The number of fused-ring (bicyclic) bond motifs is 8. The molecule has 256 valence electrons. The molecule has 8 aromatic rings. The van der Waals surface area contributed by atoms with Gasteiger partial charge in [0.05, 0.1) is 71.1 Å². The highest BCUT2D eigenvalue weighted by molar-refractivity contribution is 7.26. The number of aromatic nitrogens is 2. The van der Waals surface area contributed by atoms with E-state index in [0.717, 1.165) is 91.5 Å². The molecule has 0 atom stereocenters. The lowest BCUT2D eigenvalue weighted by molar-refractivity contribution is 0.0542. The van der Waals surface area contributed by atoms with Crippen LogP contribution in [0.1, 0.15) is 54.5 Å². The molecule has 0 aliphatic rings. The average Bonchev–Trinajstić information content (AvgIpc) is 3.90. The summed E-state index contributed by atoms with van der Waals surface area (Å²) >= 11 is 4.87. The fourth-order valence-corrected chi connectivity index (χ4v) is 11.4. The molecule has 1 N–H and O–H groups in total. The second kappa shape index (κ2) is 13.5. The number of aliphatic hydroxyl groups excluding tert-OH is 1. The molecule has 7 aromatic heterocycles. The Kier molecular flexibility index (Phi) is 9.11. The van der Waals surface area contributed by atoms with E-state index < -0.39 is 0 Å². The van der Waals surface area contributed by atoms with Gasteiger partial charge in [-0.3, -0.25) is 18.4 Å². The average molecular weight is 717 g/mol. The first-order valence-electron chi connectivity index (χ1n) is 17.4. The maximum absolute atomic E-state index is 14.6. The lowest BCUT2D eigenvalue weighted by Gasteiger charge is -2.09. The molecule has 49 heavy (non-hydrogen) atoms.